The molecule has 1 aliphatic carbocycles. The van der Waals surface area contributed by atoms with Crippen molar-refractivity contribution in [3.63, 3.8) is 0 Å². The molecule has 3 unspecified atom stereocenters. The first-order valence-electron chi connectivity index (χ1n) is 6.55. The third-order valence-corrected chi connectivity index (χ3v) is 4.31. The highest BCUT2D eigenvalue weighted by Gasteiger charge is 2.42. The number of benzene rings is 1. The van der Waals surface area contributed by atoms with Gasteiger partial charge >= 0.3 is 0 Å². The Morgan fingerprint density at radius 2 is 2.16 bits per heavy atom. The van der Waals surface area contributed by atoms with Gasteiger partial charge in [-0.05, 0) is 19.1 Å². The van der Waals surface area contributed by atoms with Gasteiger partial charge in [0, 0.05) is 29.4 Å². The van der Waals surface area contributed by atoms with Crippen molar-refractivity contribution < 1.29 is 9.47 Å². The molecule has 1 aliphatic rings. The lowest BCUT2D eigenvalue weighted by atomic mass is 9.91. The number of fused-ring (bicyclic) bond motifs is 1. The summed E-state index contributed by atoms with van der Waals surface area (Å²) in [5.74, 6) is 0.840. The van der Waals surface area contributed by atoms with E-state index in [4.69, 9.17) is 9.47 Å². The zero-order valence-electron chi connectivity index (χ0n) is 10.8. The summed E-state index contributed by atoms with van der Waals surface area (Å²) in [6.07, 6.45) is 3.00. The molecule has 1 fully saturated rings. The second-order valence-electron chi connectivity index (χ2n) is 4.66. The van der Waals surface area contributed by atoms with Crippen molar-refractivity contribution in [2.45, 2.75) is 30.4 Å². The minimum absolute atomic E-state index is 0.108. The molecule has 0 spiro atoms. The number of aromatic nitrogens is 1. The number of alkyl halides is 1. The van der Waals surface area contributed by atoms with Crippen molar-refractivity contribution in [3.05, 3.63) is 36.5 Å². The van der Waals surface area contributed by atoms with Crippen molar-refractivity contribution in [2.75, 3.05) is 6.61 Å². The van der Waals surface area contributed by atoms with E-state index in [1.54, 1.807) is 6.20 Å². The van der Waals surface area contributed by atoms with Crippen LogP contribution < -0.4 is 4.74 Å². The Morgan fingerprint density at radius 1 is 1.32 bits per heavy atom. The minimum atomic E-state index is 0.108. The third kappa shape index (κ3) is 2.47. The molecule has 1 aromatic carbocycles. The van der Waals surface area contributed by atoms with Crippen LogP contribution >= 0.6 is 15.9 Å². The highest BCUT2D eigenvalue weighted by molar-refractivity contribution is 9.09. The number of hydrogen-bond acceptors (Lipinski definition) is 3. The standard InChI is InChI=1S/C15H16BrNO2/c1-2-18-15-11(16)9-13(15)19-12-7-3-5-10-6-4-8-17-14(10)12/h3-8,11,13,15H,2,9H2,1H3. The van der Waals surface area contributed by atoms with Gasteiger partial charge in [0.2, 0.25) is 0 Å². The number of rotatable bonds is 4. The van der Waals surface area contributed by atoms with Crippen LogP contribution in [0.1, 0.15) is 13.3 Å². The Kier molecular flexibility index (Phi) is 3.71. The van der Waals surface area contributed by atoms with Crippen molar-refractivity contribution in [1.29, 1.82) is 0 Å². The normalized spacial score (nSPS) is 26.1. The fourth-order valence-corrected chi connectivity index (χ4v) is 3.24. The second-order valence-corrected chi connectivity index (χ2v) is 5.84. The van der Waals surface area contributed by atoms with Crippen LogP contribution in [0, 0.1) is 0 Å². The van der Waals surface area contributed by atoms with Gasteiger partial charge in [-0.15, -0.1) is 0 Å². The summed E-state index contributed by atoms with van der Waals surface area (Å²) in [7, 11) is 0. The largest absolute Gasteiger partial charge is 0.485 e. The first kappa shape index (κ1) is 12.9. The Morgan fingerprint density at radius 3 is 2.95 bits per heavy atom. The predicted molar refractivity (Wildman–Crippen MR) is 78.9 cm³/mol. The molecule has 3 nitrogen and oxygen atoms in total. The summed E-state index contributed by atoms with van der Waals surface area (Å²) in [5, 5.41) is 1.10. The summed E-state index contributed by atoms with van der Waals surface area (Å²) in [4.78, 5) is 4.79. The molecule has 4 heteroatoms. The van der Waals surface area contributed by atoms with Crippen LogP contribution in [-0.2, 0) is 4.74 Å². The molecule has 0 amide bonds. The van der Waals surface area contributed by atoms with E-state index in [2.05, 4.69) is 20.9 Å². The number of halogens is 1. The van der Waals surface area contributed by atoms with E-state index in [0.29, 0.717) is 11.4 Å². The molecule has 0 bridgehead atoms. The minimum Gasteiger partial charge on any atom is -0.485 e. The van der Waals surface area contributed by atoms with Crippen molar-refractivity contribution in [3.8, 4) is 5.75 Å². The van der Waals surface area contributed by atoms with Gasteiger partial charge in [-0.1, -0.05) is 34.1 Å². The fraction of sp³-hybridized carbons (Fsp3) is 0.400. The van der Waals surface area contributed by atoms with E-state index in [-0.39, 0.29) is 12.2 Å². The smallest absolute Gasteiger partial charge is 0.146 e. The Hall–Kier alpha value is -1.13. The van der Waals surface area contributed by atoms with Crippen LogP contribution in [0.3, 0.4) is 0 Å². The Balaban J connectivity index is 1.82. The predicted octanol–water partition coefficient (Wildman–Crippen LogP) is 3.55. The van der Waals surface area contributed by atoms with Gasteiger partial charge in [-0.25, -0.2) is 0 Å². The van der Waals surface area contributed by atoms with E-state index < -0.39 is 0 Å². The highest BCUT2D eigenvalue weighted by atomic mass is 79.9. The van der Waals surface area contributed by atoms with Crippen molar-refractivity contribution in [2.24, 2.45) is 0 Å². The van der Waals surface area contributed by atoms with Crippen molar-refractivity contribution >= 4 is 26.8 Å². The molecule has 0 saturated heterocycles. The van der Waals surface area contributed by atoms with Crippen molar-refractivity contribution in [1.82, 2.24) is 4.98 Å². The summed E-state index contributed by atoms with van der Waals surface area (Å²) < 4.78 is 11.8. The zero-order valence-corrected chi connectivity index (χ0v) is 12.3. The van der Waals surface area contributed by atoms with E-state index in [1.165, 1.54) is 0 Å². The maximum atomic E-state index is 6.08. The molecule has 1 aromatic heterocycles. The summed E-state index contributed by atoms with van der Waals surface area (Å²) in [5.41, 5.74) is 0.915. The second kappa shape index (κ2) is 5.47. The summed E-state index contributed by atoms with van der Waals surface area (Å²) in [6, 6.07) is 10.00. The summed E-state index contributed by atoms with van der Waals surface area (Å²) >= 11 is 3.61. The molecular formula is C15H16BrNO2. The third-order valence-electron chi connectivity index (χ3n) is 3.41. The molecule has 100 valence electrons. The quantitative estimate of drug-likeness (QED) is 0.807. The highest BCUT2D eigenvalue weighted by Crippen LogP contribution is 2.35. The van der Waals surface area contributed by atoms with Crippen LogP contribution in [0.4, 0.5) is 0 Å². The number of hydrogen-bond donors (Lipinski definition) is 0. The van der Waals surface area contributed by atoms with Gasteiger partial charge in [0.1, 0.15) is 23.5 Å². The first-order valence-corrected chi connectivity index (χ1v) is 7.47. The molecule has 0 radical (unpaired) electrons. The van der Waals surface area contributed by atoms with Gasteiger partial charge in [-0.2, -0.15) is 0 Å². The topological polar surface area (TPSA) is 31.4 Å². The Labute approximate surface area is 121 Å². The summed E-state index contributed by atoms with van der Waals surface area (Å²) in [6.45, 7) is 2.72. The van der Waals surface area contributed by atoms with E-state index in [9.17, 15) is 0 Å². The monoisotopic (exact) mass is 321 g/mol. The van der Waals surface area contributed by atoms with Gasteiger partial charge in [0.15, 0.2) is 0 Å². The molecule has 3 atom stereocenters. The maximum Gasteiger partial charge on any atom is 0.146 e. The van der Waals surface area contributed by atoms with Crippen LogP contribution in [0.15, 0.2) is 36.5 Å². The number of para-hydroxylation sites is 1. The number of pyridine rings is 1. The van der Waals surface area contributed by atoms with Gasteiger partial charge < -0.3 is 9.47 Å². The lowest BCUT2D eigenvalue weighted by Gasteiger charge is -2.40. The van der Waals surface area contributed by atoms with Crippen LogP contribution in [0.2, 0.25) is 0 Å². The fourth-order valence-electron chi connectivity index (χ4n) is 2.38. The maximum absolute atomic E-state index is 6.08. The van der Waals surface area contributed by atoms with Gasteiger partial charge in [0.25, 0.3) is 0 Å². The lowest BCUT2D eigenvalue weighted by Crippen LogP contribution is -2.52. The molecule has 3 rings (SSSR count). The Bertz CT molecular complexity index is 570. The average molecular weight is 322 g/mol. The SMILES string of the molecule is CCOC1C(Br)CC1Oc1cccc2cccnc12. The van der Waals surface area contributed by atoms with E-state index in [1.807, 2.05) is 37.3 Å². The molecule has 1 heterocycles. The molecule has 1 saturated carbocycles. The van der Waals surface area contributed by atoms with Crippen LogP contribution in [-0.4, -0.2) is 28.6 Å². The average Bonchev–Trinajstić information content (AvgIpc) is 2.45. The number of ether oxygens (including phenoxy) is 2. The number of nitrogens with zero attached hydrogens (tertiary/aromatic N) is 1. The molecule has 19 heavy (non-hydrogen) atoms. The first-order chi connectivity index (χ1) is 9.29. The molecule has 0 N–H and O–H groups in total. The van der Waals surface area contributed by atoms with Gasteiger partial charge in [-0.3, -0.25) is 4.98 Å². The molecule has 0 aliphatic heterocycles. The van der Waals surface area contributed by atoms with Crippen LogP contribution in [0.25, 0.3) is 10.9 Å². The lowest BCUT2D eigenvalue weighted by molar-refractivity contribution is -0.0718. The van der Waals surface area contributed by atoms with E-state index >= 15 is 0 Å². The molecular weight excluding hydrogens is 306 g/mol. The molecule has 2 aromatic rings. The van der Waals surface area contributed by atoms with E-state index in [0.717, 1.165) is 23.1 Å². The van der Waals surface area contributed by atoms with Crippen LogP contribution in [0.5, 0.6) is 5.75 Å². The van der Waals surface area contributed by atoms with Gasteiger partial charge in [0.05, 0.1) is 0 Å². The zero-order chi connectivity index (χ0) is 13.2.